The molecule has 0 aliphatic heterocycles. The van der Waals surface area contributed by atoms with Crippen LogP contribution < -0.4 is 5.32 Å². The summed E-state index contributed by atoms with van der Waals surface area (Å²) in [6, 6.07) is 11.8. The second-order valence-corrected chi connectivity index (χ2v) is 6.81. The molecule has 1 N–H and O–H groups in total. The van der Waals surface area contributed by atoms with Gasteiger partial charge in [-0.1, -0.05) is 50.1 Å². The van der Waals surface area contributed by atoms with Crippen molar-refractivity contribution >= 4 is 0 Å². The van der Waals surface area contributed by atoms with E-state index in [1.807, 2.05) is 0 Å². The predicted molar refractivity (Wildman–Crippen MR) is 81.3 cm³/mol. The lowest BCUT2D eigenvalue weighted by Gasteiger charge is -2.38. The maximum Gasteiger partial charge on any atom is 0.00788 e. The Morgan fingerprint density at radius 3 is 2.37 bits per heavy atom. The van der Waals surface area contributed by atoms with Crippen molar-refractivity contribution < 1.29 is 0 Å². The van der Waals surface area contributed by atoms with E-state index in [2.05, 4.69) is 42.6 Å². The summed E-state index contributed by atoms with van der Waals surface area (Å²) >= 11 is 0. The Morgan fingerprint density at radius 1 is 1.00 bits per heavy atom. The molecule has 0 heterocycles. The Hall–Kier alpha value is -0.820. The predicted octanol–water partition coefficient (Wildman–Crippen LogP) is 4.35. The molecule has 0 spiro atoms. The summed E-state index contributed by atoms with van der Waals surface area (Å²) in [6.07, 6.45) is 8.47. The van der Waals surface area contributed by atoms with Gasteiger partial charge in [0.1, 0.15) is 0 Å². The van der Waals surface area contributed by atoms with Crippen LogP contribution in [0, 0.1) is 11.8 Å². The molecule has 2 aliphatic carbocycles. The van der Waals surface area contributed by atoms with Gasteiger partial charge in [0.15, 0.2) is 0 Å². The summed E-state index contributed by atoms with van der Waals surface area (Å²) in [4.78, 5) is 0. The third-order valence-electron chi connectivity index (χ3n) is 5.24. The van der Waals surface area contributed by atoms with Gasteiger partial charge >= 0.3 is 0 Å². The first-order valence-corrected chi connectivity index (χ1v) is 8.09. The molecular weight excluding hydrogens is 230 g/mol. The lowest BCUT2D eigenvalue weighted by atomic mass is 9.75. The molecule has 0 aromatic heterocycles. The van der Waals surface area contributed by atoms with Crippen LogP contribution in [0.25, 0.3) is 0 Å². The van der Waals surface area contributed by atoms with Gasteiger partial charge in [-0.15, -0.1) is 0 Å². The molecule has 0 saturated heterocycles. The molecule has 0 unspecified atom stereocenters. The zero-order valence-corrected chi connectivity index (χ0v) is 12.1. The zero-order chi connectivity index (χ0) is 13.1. The smallest absolute Gasteiger partial charge is 0.00788 e. The number of benzene rings is 1. The maximum absolute atomic E-state index is 3.80. The van der Waals surface area contributed by atoms with Crippen LogP contribution in [0.2, 0.25) is 0 Å². The Bertz CT molecular complexity index is 372. The molecule has 0 bridgehead atoms. The van der Waals surface area contributed by atoms with Crippen molar-refractivity contribution in [3.05, 3.63) is 35.9 Å². The van der Waals surface area contributed by atoms with Gasteiger partial charge in [0.05, 0.1) is 0 Å². The Labute approximate surface area is 117 Å². The maximum atomic E-state index is 3.80. The highest BCUT2D eigenvalue weighted by Crippen LogP contribution is 2.37. The van der Waals surface area contributed by atoms with Crippen LogP contribution >= 0.6 is 0 Å². The fourth-order valence-electron chi connectivity index (χ4n) is 3.65. The van der Waals surface area contributed by atoms with Crippen LogP contribution in [0.1, 0.15) is 56.9 Å². The van der Waals surface area contributed by atoms with E-state index < -0.39 is 0 Å². The summed E-state index contributed by atoms with van der Waals surface area (Å²) in [5.74, 6) is 2.74. The molecule has 1 aromatic carbocycles. The highest BCUT2D eigenvalue weighted by Gasteiger charge is 2.30. The molecule has 0 atom stereocenters. The van der Waals surface area contributed by atoms with E-state index >= 15 is 0 Å². The van der Waals surface area contributed by atoms with Crippen LogP contribution in [0.4, 0.5) is 0 Å². The quantitative estimate of drug-likeness (QED) is 0.845. The molecule has 2 aliphatic rings. The number of nitrogens with one attached hydrogen (secondary N) is 1. The zero-order valence-electron chi connectivity index (χ0n) is 12.1. The minimum atomic E-state index is 0.782. The molecule has 1 nitrogen and oxygen atoms in total. The molecule has 2 saturated carbocycles. The molecule has 3 rings (SSSR count). The highest BCUT2D eigenvalue weighted by molar-refractivity contribution is 5.22. The Morgan fingerprint density at radius 2 is 1.68 bits per heavy atom. The molecule has 0 radical (unpaired) electrons. The van der Waals surface area contributed by atoms with E-state index in [4.69, 9.17) is 0 Å². The van der Waals surface area contributed by atoms with Gasteiger partial charge in [0.2, 0.25) is 0 Å². The van der Waals surface area contributed by atoms with Crippen LogP contribution in [0.5, 0.6) is 0 Å². The minimum Gasteiger partial charge on any atom is -0.314 e. The summed E-state index contributed by atoms with van der Waals surface area (Å²) < 4.78 is 0. The lowest BCUT2D eigenvalue weighted by Crippen LogP contribution is -2.42. The van der Waals surface area contributed by atoms with E-state index in [0.717, 1.165) is 23.8 Å². The van der Waals surface area contributed by atoms with Gasteiger partial charge in [-0.3, -0.25) is 0 Å². The number of hydrogen-bond donors (Lipinski definition) is 1. The van der Waals surface area contributed by atoms with Crippen LogP contribution in [-0.4, -0.2) is 12.6 Å². The van der Waals surface area contributed by atoms with Crippen molar-refractivity contribution in [2.75, 3.05) is 6.54 Å². The number of hydrogen-bond acceptors (Lipinski definition) is 1. The summed E-state index contributed by atoms with van der Waals surface area (Å²) in [6.45, 7) is 3.67. The normalized spacial score (nSPS) is 34.8. The van der Waals surface area contributed by atoms with E-state index in [-0.39, 0.29) is 0 Å². The molecule has 104 valence electrons. The van der Waals surface area contributed by atoms with Gasteiger partial charge in [-0.25, -0.2) is 0 Å². The van der Waals surface area contributed by atoms with E-state index in [9.17, 15) is 0 Å². The average Bonchev–Trinajstić information content (AvgIpc) is 2.40. The van der Waals surface area contributed by atoms with Crippen molar-refractivity contribution in [2.45, 2.75) is 57.4 Å². The molecule has 2 fully saturated rings. The first kappa shape index (κ1) is 13.2. The average molecular weight is 257 g/mol. The monoisotopic (exact) mass is 257 g/mol. The Kier molecular flexibility index (Phi) is 4.22. The summed E-state index contributed by atoms with van der Waals surface area (Å²) in [5, 5.41) is 3.80. The van der Waals surface area contributed by atoms with E-state index in [1.54, 1.807) is 0 Å². The van der Waals surface area contributed by atoms with Gasteiger partial charge in [-0.05, 0) is 55.5 Å². The van der Waals surface area contributed by atoms with Crippen LogP contribution in [0.3, 0.4) is 0 Å². The fraction of sp³-hybridized carbons (Fsp3) is 0.667. The van der Waals surface area contributed by atoms with Crippen molar-refractivity contribution in [2.24, 2.45) is 11.8 Å². The number of rotatable bonds is 4. The van der Waals surface area contributed by atoms with E-state index in [0.29, 0.717) is 0 Å². The molecule has 19 heavy (non-hydrogen) atoms. The topological polar surface area (TPSA) is 12.0 Å². The lowest BCUT2D eigenvalue weighted by molar-refractivity contribution is 0.236. The van der Waals surface area contributed by atoms with E-state index in [1.165, 1.54) is 50.6 Å². The molecule has 0 amide bonds. The highest BCUT2D eigenvalue weighted by atomic mass is 14.9. The SMILES string of the molecule is CC1CCC(CNC2CC(c3ccccc3)C2)CC1. The second-order valence-electron chi connectivity index (χ2n) is 6.81. The van der Waals surface area contributed by atoms with Crippen molar-refractivity contribution in [1.29, 1.82) is 0 Å². The third-order valence-corrected chi connectivity index (χ3v) is 5.24. The summed E-state index contributed by atoms with van der Waals surface area (Å²) in [7, 11) is 0. The molecule has 1 heteroatoms. The van der Waals surface area contributed by atoms with Gasteiger partial charge in [0.25, 0.3) is 0 Å². The van der Waals surface area contributed by atoms with Crippen molar-refractivity contribution in [1.82, 2.24) is 5.32 Å². The Balaban J connectivity index is 1.36. The van der Waals surface area contributed by atoms with Crippen LogP contribution in [-0.2, 0) is 0 Å². The molecule has 1 aromatic rings. The summed E-state index contributed by atoms with van der Waals surface area (Å²) in [5.41, 5.74) is 1.53. The van der Waals surface area contributed by atoms with Crippen LogP contribution in [0.15, 0.2) is 30.3 Å². The molecular formula is C18H27N. The first-order valence-electron chi connectivity index (χ1n) is 8.09. The first-order chi connectivity index (χ1) is 9.31. The van der Waals surface area contributed by atoms with Gasteiger partial charge in [-0.2, -0.15) is 0 Å². The standard InChI is InChI=1S/C18H27N/c1-14-7-9-15(10-8-14)13-19-18-11-17(12-18)16-5-3-2-4-6-16/h2-6,14-15,17-19H,7-13H2,1H3. The fourth-order valence-corrected chi connectivity index (χ4v) is 3.65. The minimum absolute atomic E-state index is 0.782. The van der Waals surface area contributed by atoms with Gasteiger partial charge < -0.3 is 5.32 Å². The third kappa shape index (κ3) is 3.39. The second kappa shape index (κ2) is 6.09. The van der Waals surface area contributed by atoms with Crippen molar-refractivity contribution in [3.8, 4) is 0 Å². The van der Waals surface area contributed by atoms with Gasteiger partial charge in [0, 0.05) is 6.04 Å². The van der Waals surface area contributed by atoms with Crippen molar-refractivity contribution in [3.63, 3.8) is 0 Å². The largest absolute Gasteiger partial charge is 0.314 e.